The molecule has 49 heavy (non-hydrogen) atoms. The minimum absolute atomic E-state index is 0.0839. The number of hydrogen-bond donors (Lipinski definition) is 0. The molecule has 0 radical (unpaired) electrons. The van der Waals surface area contributed by atoms with Crippen LogP contribution in [0.25, 0.3) is 0 Å². The molecule has 3 aromatic rings. The number of fused-ring (bicyclic) bond motifs is 10. The Morgan fingerprint density at radius 1 is 0.571 bits per heavy atom. The predicted molar refractivity (Wildman–Crippen MR) is 213 cm³/mol. The van der Waals surface area contributed by atoms with Crippen molar-refractivity contribution in [3.63, 3.8) is 0 Å². The third-order valence-corrected chi connectivity index (χ3v) is 15.8. The molecule has 9 rings (SSSR count). The lowest BCUT2D eigenvalue weighted by molar-refractivity contribution is 0.147. The monoisotopic (exact) mass is 652 g/mol. The van der Waals surface area contributed by atoms with Gasteiger partial charge in [-0.05, 0) is 113 Å². The average Bonchev–Trinajstić information content (AvgIpc) is 3.51. The fourth-order valence-electron chi connectivity index (χ4n) is 13.5. The van der Waals surface area contributed by atoms with Gasteiger partial charge >= 0.3 is 0 Å². The summed E-state index contributed by atoms with van der Waals surface area (Å²) < 4.78 is 0. The van der Waals surface area contributed by atoms with E-state index in [-0.39, 0.29) is 39.5 Å². The summed E-state index contributed by atoms with van der Waals surface area (Å²) in [5.41, 5.74) is 18.3. The van der Waals surface area contributed by atoms with Crippen LogP contribution in [0.15, 0.2) is 42.5 Å². The lowest BCUT2D eigenvalue weighted by atomic mass is 9.33. The van der Waals surface area contributed by atoms with Crippen LogP contribution in [0.5, 0.6) is 0 Å². The molecule has 4 unspecified atom stereocenters. The zero-order valence-electron chi connectivity index (χ0n) is 32.5. The highest BCUT2D eigenvalue weighted by Gasteiger charge is 2.67. The normalized spacial score (nSPS) is 30.5. The van der Waals surface area contributed by atoms with E-state index in [0.29, 0.717) is 0 Å². The van der Waals surface area contributed by atoms with Crippen LogP contribution < -0.4 is 26.2 Å². The van der Waals surface area contributed by atoms with E-state index in [1.165, 1.54) is 99.6 Å². The van der Waals surface area contributed by atoms with Crippen molar-refractivity contribution in [2.45, 2.75) is 179 Å². The molecule has 4 atom stereocenters. The molecule has 4 heterocycles. The van der Waals surface area contributed by atoms with Gasteiger partial charge in [0.15, 0.2) is 0 Å². The van der Waals surface area contributed by atoms with Gasteiger partial charge in [-0.25, -0.2) is 0 Å². The molecule has 0 N–H and O–H groups in total. The van der Waals surface area contributed by atoms with Crippen molar-refractivity contribution in [3.8, 4) is 0 Å². The number of benzene rings is 3. The van der Waals surface area contributed by atoms with E-state index in [2.05, 4.69) is 122 Å². The summed E-state index contributed by atoms with van der Waals surface area (Å²) in [7, 11) is 0. The number of anilines is 4. The summed E-state index contributed by atoms with van der Waals surface area (Å²) in [6.07, 6.45) is 15.4. The Bertz CT molecular complexity index is 1760. The van der Waals surface area contributed by atoms with Gasteiger partial charge in [0.2, 0.25) is 0 Å². The highest BCUT2D eigenvalue weighted by atomic mass is 15.3. The van der Waals surface area contributed by atoms with Gasteiger partial charge < -0.3 is 9.80 Å². The first-order valence-corrected chi connectivity index (χ1v) is 20.4. The van der Waals surface area contributed by atoms with E-state index in [9.17, 15) is 0 Å². The standard InChI is InChI=1S/C46H61BN2/c1-11-43-22-15-17-24-45(43,13-3)48-36-20-19-21-37-38(36)47(34-28-30(41(5,6)7)26-32(43)39(34)48)35-29-31(42(8,9)10)27-33-40(35)49(37)46(14-4)25-18-16-23-44(33,46)12-2/h19-21,26-29H,11-18,22-25H2,1-10H3. The van der Waals surface area contributed by atoms with Crippen LogP contribution in [0.3, 0.4) is 0 Å². The van der Waals surface area contributed by atoms with Gasteiger partial charge in [0.1, 0.15) is 0 Å². The molecule has 0 saturated heterocycles. The minimum Gasteiger partial charge on any atom is -0.335 e. The highest BCUT2D eigenvalue weighted by Crippen LogP contribution is 2.67. The molecular weight excluding hydrogens is 591 g/mol. The van der Waals surface area contributed by atoms with Crippen LogP contribution in [-0.4, -0.2) is 17.8 Å². The second-order valence-corrected chi connectivity index (χ2v) is 19.3. The zero-order valence-corrected chi connectivity index (χ0v) is 32.5. The van der Waals surface area contributed by atoms with Gasteiger partial charge in [-0.2, -0.15) is 0 Å². The number of nitrogens with zero attached hydrogens (tertiary/aromatic N) is 2. The summed E-state index contributed by atoms with van der Waals surface area (Å²) in [6, 6.07) is 18.4. The van der Waals surface area contributed by atoms with Gasteiger partial charge in [0.25, 0.3) is 6.71 Å². The fourth-order valence-corrected chi connectivity index (χ4v) is 13.5. The Balaban J connectivity index is 1.47. The molecule has 2 nitrogen and oxygen atoms in total. The molecule has 258 valence electrons. The quantitative estimate of drug-likeness (QED) is 0.259. The van der Waals surface area contributed by atoms with E-state index < -0.39 is 0 Å². The van der Waals surface area contributed by atoms with Crippen molar-refractivity contribution in [2.24, 2.45) is 0 Å². The first-order valence-electron chi connectivity index (χ1n) is 20.4. The Morgan fingerprint density at radius 3 is 1.35 bits per heavy atom. The maximum Gasteiger partial charge on any atom is 0.252 e. The molecule has 0 bridgehead atoms. The molecule has 0 spiro atoms. The van der Waals surface area contributed by atoms with Crippen molar-refractivity contribution in [3.05, 3.63) is 64.7 Å². The van der Waals surface area contributed by atoms with E-state index in [4.69, 9.17) is 0 Å². The van der Waals surface area contributed by atoms with Crippen molar-refractivity contribution in [2.75, 3.05) is 9.80 Å². The fraction of sp³-hybridized carbons (Fsp3) is 0.609. The average molecular weight is 653 g/mol. The third kappa shape index (κ3) is 3.53. The van der Waals surface area contributed by atoms with Crippen molar-refractivity contribution in [1.82, 2.24) is 0 Å². The summed E-state index contributed by atoms with van der Waals surface area (Å²) >= 11 is 0. The van der Waals surface area contributed by atoms with Crippen LogP contribution in [0.4, 0.5) is 22.7 Å². The SMILES string of the molecule is CCC12CCCCC1(CC)N1c3cccc4c3B(c3cc(C(C)(C)C)cc2c31)c1cc(C(C)(C)C)cc2c1N4C1(CC)CCCCC21CC. The Morgan fingerprint density at radius 2 is 0.980 bits per heavy atom. The first kappa shape index (κ1) is 32.2. The van der Waals surface area contributed by atoms with Gasteiger partial charge in [-0.3, -0.25) is 0 Å². The summed E-state index contributed by atoms with van der Waals surface area (Å²) in [5, 5.41) is 0. The van der Waals surface area contributed by atoms with Crippen LogP contribution in [-0.2, 0) is 21.7 Å². The number of hydrogen-bond acceptors (Lipinski definition) is 2. The lowest BCUT2D eigenvalue weighted by Crippen LogP contribution is -2.67. The topological polar surface area (TPSA) is 6.48 Å². The van der Waals surface area contributed by atoms with E-state index in [1.54, 1.807) is 38.9 Å². The Labute approximate surface area is 298 Å². The molecule has 2 fully saturated rings. The molecule has 2 aliphatic carbocycles. The van der Waals surface area contributed by atoms with Crippen LogP contribution in [0.2, 0.25) is 0 Å². The number of rotatable bonds is 4. The van der Waals surface area contributed by atoms with Crippen LogP contribution >= 0.6 is 0 Å². The largest absolute Gasteiger partial charge is 0.335 e. The maximum absolute atomic E-state index is 3.00. The molecule has 3 aromatic carbocycles. The lowest BCUT2D eigenvalue weighted by Gasteiger charge is -2.57. The van der Waals surface area contributed by atoms with Crippen molar-refractivity contribution < 1.29 is 0 Å². The van der Waals surface area contributed by atoms with Crippen LogP contribution in [0, 0.1) is 0 Å². The zero-order chi connectivity index (χ0) is 34.5. The summed E-state index contributed by atoms with van der Waals surface area (Å²) in [4.78, 5) is 6.01. The highest BCUT2D eigenvalue weighted by molar-refractivity contribution is 7.00. The van der Waals surface area contributed by atoms with Crippen molar-refractivity contribution in [1.29, 1.82) is 0 Å². The van der Waals surface area contributed by atoms with Gasteiger partial charge in [-0.15, -0.1) is 0 Å². The molecule has 4 aliphatic heterocycles. The molecule has 0 aromatic heterocycles. The second-order valence-electron chi connectivity index (χ2n) is 19.3. The van der Waals surface area contributed by atoms with E-state index in [0.717, 1.165) is 0 Å². The maximum atomic E-state index is 3.00. The minimum atomic E-state index is 0.0839. The molecule has 3 heteroatoms. The first-order chi connectivity index (χ1) is 23.3. The van der Waals surface area contributed by atoms with Gasteiger partial charge in [0.05, 0.1) is 11.1 Å². The van der Waals surface area contributed by atoms with E-state index in [1.807, 2.05) is 0 Å². The van der Waals surface area contributed by atoms with Gasteiger partial charge in [0, 0.05) is 33.6 Å². The Hall–Kier alpha value is -2.68. The molecule has 2 saturated carbocycles. The molecule has 6 aliphatic rings. The summed E-state index contributed by atoms with van der Waals surface area (Å²) in [5.74, 6) is 0. The van der Waals surface area contributed by atoms with Crippen LogP contribution in [0.1, 0.15) is 169 Å². The molecule has 0 amide bonds. The molecular formula is C46H61BN2. The summed E-state index contributed by atoms with van der Waals surface area (Å²) in [6.45, 7) is 25.0. The van der Waals surface area contributed by atoms with Crippen molar-refractivity contribution >= 4 is 45.9 Å². The second kappa shape index (κ2) is 10.0. The Kier molecular flexibility index (Phi) is 6.59. The third-order valence-electron chi connectivity index (χ3n) is 15.8. The van der Waals surface area contributed by atoms with E-state index >= 15 is 0 Å². The van der Waals surface area contributed by atoms with Gasteiger partial charge in [-0.1, -0.05) is 125 Å². The smallest absolute Gasteiger partial charge is 0.252 e. The predicted octanol–water partition coefficient (Wildman–Crippen LogP) is 10.5.